The molecule has 3 N–H and O–H groups in total. The van der Waals surface area contributed by atoms with Gasteiger partial charge >= 0.3 is 6.03 Å². The van der Waals surface area contributed by atoms with E-state index >= 15 is 0 Å². The molecule has 2 rings (SSSR count). The molecule has 0 spiro atoms. The van der Waals surface area contributed by atoms with Crippen LogP contribution in [0.15, 0.2) is 0 Å². The molecule has 1 aliphatic heterocycles. The number of hydrogen-bond donors (Lipinski definition) is 2. The third-order valence-corrected chi connectivity index (χ3v) is 4.51. The molecule has 1 saturated carbocycles. The van der Waals surface area contributed by atoms with Crippen molar-refractivity contribution in [2.75, 3.05) is 12.3 Å². The van der Waals surface area contributed by atoms with E-state index in [0.717, 1.165) is 30.6 Å². The van der Waals surface area contributed by atoms with E-state index in [1.54, 1.807) is 0 Å². The van der Waals surface area contributed by atoms with Crippen molar-refractivity contribution in [3.8, 4) is 0 Å². The van der Waals surface area contributed by atoms with Crippen molar-refractivity contribution in [1.82, 2.24) is 10.2 Å². The number of amides is 4. The minimum absolute atomic E-state index is 0.0763. The van der Waals surface area contributed by atoms with Crippen LogP contribution in [0.25, 0.3) is 0 Å². The van der Waals surface area contributed by atoms with Gasteiger partial charge in [-0.05, 0) is 18.8 Å². The summed E-state index contributed by atoms with van der Waals surface area (Å²) in [5.41, 5.74) is 0. The summed E-state index contributed by atoms with van der Waals surface area (Å²) < 4.78 is 21.9. The van der Waals surface area contributed by atoms with Crippen LogP contribution in [0, 0.1) is 11.8 Å². The number of barbiturate groups is 1. The van der Waals surface area contributed by atoms with Crippen LogP contribution in [0.5, 0.6) is 0 Å². The van der Waals surface area contributed by atoms with Crippen LogP contribution < -0.4 is 10.5 Å². The van der Waals surface area contributed by atoms with E-state index in [2.05, 4.69) is 5.32 Å². The predicted octanol–water partition coefficient (Wildman–Crippen LogP) is -0.840. The second kappa shape index (κ2) is 5.49. The minimum atomic E-state index is -3.78. The number of hydrogen-bond acceptors (Lipinski definition) is 5. The lowest BCUT2D eigenvalue weighted by molar-refractivity contribution is -0.144. The second-order valence-electron chi connectivity index (χ2n) is 5.17. The normalized spacial score (nSPS) is 25.1. The first kappa shape index (κ1) is 14.9. The molecule has 2 aliphatic rings. The molecular weight excluding hydrogens is 286 g/mol. The van der Waals surface area contributed by atoms with Crippen LogP contribution in [0.1, 0.15) is 25.7 Å². The Labute approximate surface area is 116 Å². The topological polar surface area (TPSA) is 127 Å². The van der Waals surface area contributed by atoms with Crippen LogP contribution in [0.2, 0.25) is 0 Å². The minimum Gasteiger partial charge on any atom is -0.277 e. The zero-order valence-corrected chi connectivity index (χ0v) is 11.7. The van der Waals surface area contributed by atoms with Gasteiger partial charge in [0.15, 0.2) is 0 Å². The SMILES string of the molecule is NS(=O)(=O)CCN1C(=O)NC(=O)C(C2CCCC2)C1=O. The largest absolute Gasteiger partial charge is 0.330 e. The number of nitrogens with one attached hydrogen (secondary N) is 1. The number of urea groups is 1. The summed E-state index contributed by atoms with van der Waals surface area (Å²) in [5, 5.41) is 6.98. The number of imide groups is 2. The molecule has 0 radical (unpaired) electrons. The molecule has 9 heteroatoms. The van der Waals surface area contributed by atoms with Gasteiger partial charge in [-0.15, -0.1) is 0 Å². The van der Waals surface area contributed by atoms with Gasteiger partial charge < -0.3 is 0 Å². The maximum Gasteiger partial charge on any atom is 0.330 e. The highest BCUT2D eigenvalue weighted by molar-refractivity contribution is 7.89. The van der Waals surface area contributed by atoms with Crippen molar-refractivity contribution in [2.45, 2.75) is 25.7 Å². The Morgan fingerprint density at radius 1 is 1.20 bits per heavy atom. The van der Waals surface area contributed by atoms with Crippen molar-refractivity contribution in [2.24, 2.45) is 17.0 Å². The lowest BCUT2D eigenvalue weighted by atomic mass is 9.87. The average Bonchev–Trinajstić information content (AvgIpc) is 2.80. The zero-order valence-electron chi connectivity index (χ0n) is 10.9. The highest BCUT2D eigenvalue weighted by Gasteiger charge is 2.45. The van der Waals surface area contributed by atoms with Crippen LogP contribution in [0.3, 0.4) is 0 Å². The van der Waals surface area contributed by atoms with E-state index in [1.807, 2.05) is 0 Å². The number of rotatable bonds is 4. The molecule has 1 saturated heterocycles. The van der Waals surface area contributed by atoms with Crippen molar-refractivity contribution in [1.29, 1.82) is 0 Å². The number of carbonyl (C=O) groups excluding carboxylic acids is 3. The molecule has 20 heavy (non-hydrogen) atoms. The molecule has 0 aromatic carbocycles. The van der Waals surface area contributed by atoms with Crippen LogP contribution in [-0.4, -0.2) is 43.5 Å². The molecule has 4 amide bonds. The quantitative estimate of drug-likeness (QED) is 0.655. The fourth-order valence-electron chi connectivity index (χ4n) is 2.77. The fourth-order valence-corrected chi connectivity index (χ4v) is 3.20. The molecule has 1 atom stereocenters. The number of nitrogens with two attached hydrogens (primary N) is 1. The van der Waals surface area contributed by atoms with Crippen molar-refractivity contribution >= 4 is 27.9 Å². The standard InChI is InChI=1S/C11H17N3O5S/c12-20(18,19)6-5-14-10(16)8(7-3-1-2-4-7)9(15)13-11(14)17/h7-8H,1-6H2,(H2,12,18,19)(H,13,15,17). The van der Waals surface area contributed by atoms with Crippen molar-refractivity contribution in [3.63, 3.8) is 0 Å². The lowest BCUT2D eigenvalue weighted by Gasteiger charge is -2.32. The van der Waals surface area contributed by atoms with E-state index in [0.29, 0.717) is 0 Å². The first-order chi connectivity index (χ1) is 9.29. The van der Waals surface area contributed by atoms with Crippen LogP contribution in [0.4, 0.5) is 4.79 Å². The molecule has 0 bridgehead atoms. The van der Waals surface area contributed by atoms with Gasteiger partial charge in [0.05, 0.1) is 5.75 Å². The Morgan fingerprint density at radius 2 is 1.80 bits per heavy atom. The first-order valence-electron chi connectivity index (χ1n) is 6.46. The molecule has 8 nitrogen and oxygen atoms in total. The second-order valence-corrected chi connectivity index (χ2v) is 6.91. The van der Waals surface area contributed by atoms with E-state index in [9.17, 15) is 22.8 Å². The number of nitrogens with zero attached hydrogens (tertiary/aromatic N) is 1. The van der Waals surface area contributed by atoms with E-state index in [-0.39, 0.29) is 12.5 Å². The summed E-state index contributed by atoms with van der Waals surface area (Å²) in [7, 11) is -3.78. The van der Waals surface area contributed by atoms with Crippen molar-refractivity contribution < 1.29 is 22.8 Å². The molecule has 2 fully saturated rings. The molecule has 112 valence electrons. The highest BCUT2D eigenvalue weighted by atomic mass is 32.2. The fraction of sp³-hybridized carbons (Fsp3) is 0.727. The maximum absolute atomic E-state index is 12.3. The van der Waals surface area contributed by atoms with Gasteiger partial charge in [0.1, 0.15) is 5.92 Å². The highest BCUT2D eigenvalue weighted by Crippen LogP contribution is 2.33. The summed E-state index contributed by atoms with van der Waals surface area (Å²) in [6.45, 7) is -0.333. The van der Waals surface area contributed by atoms with Gasteiger partial charge in [-0.3, -0.25) is 19.8 Å². The number of primary sulfonamides is 1. The Kier molecular flexibility index (Phi) is 4.09. The van der Waals surface area contributed by atoms with Gasteiger partial charge in [0, 0.05) is 6.54 Å². The predicted molar refractivity (Wildman–Crippen MR) is 68.7 cm³/mol. The number of carbonyl (C=O) groups is 3. The monoisotopic (exact) mass is 303 g/mol. The van der Waals surface area contributed by atoms with Gasteiger partial charge in [0.2, 0.25) is 21.8 Å². The van der Waals surface area contributed by atoms with Crippen LogP contribution >= 0.6 is 0 Å². The summed E-state index contributed by atoms with van der Waals surface area (Å²) in [6.07, 6.45) is 3.43. The molecule has 1 heterocycles. The van der Waals surface area contributed by atoms with Gasteiger partial charge in [-0.1, -0.05) is 12.8 Å². The summed E-state index contributed by atoms with van der Waals surface area (Å²) >= 11 is 0. The van der Waals surface area contributed by atoms with Gasteiger partial charge in [-0.25, -0.2) is 18.4 Å². The summed E-state index contributed by atoms with van der Waals surface area (Å²) in [5.74, 6) is -2.69. The molecule has 0 aromatic rings. The zero-order chi connectivity index (χ0) is 14.9. The van der Waals surface area contributed by atoms with Gasteiger partial charge in [-0.2, -0.15) is 0 Å². The van der Waals surface area contributed by atoms with E-state index < -0.39 is 39.5 Å². The van der Waals surface area contributed by atoms with E-state index in [1.165, 1.54) is 0 Å². The Balaban J connectivity index is 2.13. The Bertz CT molecular complexity index is 538. The average molecular weight is 303 g/mol. The molecule has 0 aromatic heterocycles. The molecule has 1 unspecified atom stereocenters. The summed E-state index contributed by atoms with van der Waals surface area (Å²) in [6, 6.07) is -0.877. The third-order valence-electron chi connectivity index (χ3n) is 3.76. The molecule has 1 aliphatic carbocycles. The Morgan fingerprint density at radius 3 is 2.35 bits per heavy atom. The van der Waals surface area contributed by atoms with Crippen LogP contribution in [-0.2, 0) is 19.6 Å². The Hall–Kier alpha value is -1.48. The maximum atomic E-state index is 12.3. The van der Waals surface area contributed by atoms with Gasteiger partial charge in [0.25, 0.3) is 0 Å². The molecular formula is C11H17N3O5S. The van der Waals surface area contributed by atoms with E-state index in [4.69, 9.17) is 5.14 Å². The number of sulfonamides is 1. The third kappa shape index (κ3) is 3.15. The first-order valence-corrected chi connectivity index (χ1v) is 8.18. The summed E-state index contributed by atoms with van der Waals surface area (Å²) in [4.78, 5) is 36.5. The van der Waals surface area contributed by atoms with Crippen molar-refractivity contribution in [3.05, 3.63) is 0 Å². The smallest absolute Gasteiger partial charge is 0.277 e. The lowest BCUT2D eigenvalue weighted by Crippen LogP contribution is -2.60.